The molecule has 2 aromatic carbocycles. The summed E-state index contributed by atoms with van der Waals surface area (Å²) in [7, 11) is -3.88. The largest absolute Gasteiger partial charge is 0.394 e. The molecule has 2 rings (SSSR count). The summed E-state index contributed by atoms with van der Waals surface area (Å²) in [5.41, 5.74) is 1.46. The second-order valence-corrected chi connectivity index (χ2v) is 7.69. The van der Waals surface area contributed by atoms with E-state index >= 15 is 0 Å². The Bertz CT molecular complexity index is 884. The standard InChI is InChI=1S/C19H20FNO4S/c1-15-4-10-19(11-5-15)26(24,25)21(13-18(23)14-22)12-2-3-16-6-8-17(20)9-7-16/h4-11,18,22-23H,12-14H2,1H3/t18-/m0/s1. The van der Waals surface area contributed by atoms with Crippen LogP contribution in [0, 0.1) is 24.6 Å². The van der Waals surface area contributed by atoms with Gasteiger partial charge in [-0.3, -0.25) is 0 Å². The Balaban J connectivity index is 2.25. The minimum atomic E-state index is -3.88. The Morgan fingerprint density at radius 3 is 2.31 bits per heavy atom. The summed E-state index contributed by atoms with van der Waals surface area (Å²) in [6.07, 6.45) is -1.22. The lowest BCUT2D eigenvalue weighted by Crippen LogP contribution is -2.39. The molecule has 2 N–H and O–H groups in total. The first-order valence-corrected chi connectivity index (χ1v) is 9.37. The summed E-state index contributed by atoms with van der Waals surface area (Å²) in [6, 6.07) is 11.8. The Hall–Kier alpha value is -2.24. The molecule has 0 heterocycles. The molecule has 0 aliphatic rings. The van der Waals surface area contributed by atoms with Crippen molar-refractivity contribution in [2.75, 3.05) is 19.7 Å². The highest BCUT2D eigenvalue weighted by Gasteiger charge is 2.25. The smallest absolute Gasteiger partial charge is 0.244 e. The van der Waals surface area contributed by atoms with E-state index in [1.165, 1.54) is 36.4 Å². The fraction of sp³-hybridized carbons (Fsp3) is 0.263. The number of aliphatic hydroxyl groups is 2. The zero-order valence-electron chi connectivity index (χ0n) is 14.3. The number of halogens is 1. The highest BCUT2D eigenvalue weighted by atomic mass is 32.2. The van der Waals surface area contributed by atoms with Gasteiger partial charge in [0.25, 0.3) is 0 Å². The molecule has 0 saturated heterocycles. The predicted molar refractivity (Wildman–Crippen MR) is 96.3 cm³/mol. The predicted octanol–water partition coefficient (Wildman–Crippen LogP) is 1.53. The van der Waals surface area contributed by atoms with Gasteiger partial charge >= 0.3 is 0 Å². The van der Waals surface area contributed by atoms with Crippen molar-refractivity contribution < 1.29 is 23.0 Å². The van der Waals surface area contributed by atoms with Crippen LogP contribution in [0.15, 0.2) is 53.4 Å². The highest BCUT2D eigenvalue weighted by molar-refractivity contribution is 7.89. The first-order chi connectivity index (χ1) is 12.3. The molecule has 2 aromatic rings. The Kier molecular flexibility index (Phi) is 6.89. The molecule has 0 bridgehead atoms. The summed E-state index contributed by atoms with van der Waals surface area (Å²) in [5.74, 6) is 5.09. The fourth-order valence-corrected chi connectivity index (χ4v) is 3.54. The summed E-state index contributed by atoms with van der Waals surface area (Å²) in [4.78, 5) is 0.0804. The number of hydrogen-bond acceptors (Lipinski definition) is 4. The first kappa shape index (κ1) is 20.1. The molecule has 0 spiro atoms. The quantitative estimate of drug-likeness (QED) is 0.749. The summed E-state index contributed by atoms with van der Waals surface area (Å²) in [6.45, 7) is 0.818. The van der Waals surface area contributed by atoms with Crippen molar-refractivity contribution in [2.45, 2.75) is 17.9 Å². The van der Waals surface area contributed by atoms with Crippen LogP contribution in [-0.4, -0.2) is 48.7 Å². The van der Waals surface area contributed by atoms with Crippen molar-refractivity contribution in [3.8, 4) is 11.8 Å². The number of hydrogen-bond donors (Lipinski definition) is 2. The van der Waals surface area contributed by atoms with Gasteiger partial charge in [-0.15, -0.1) is 0 Å². The first-order valence-electron chi connectivity index (χ1n) is 7.93. The number of nitrogens with zero attached hydrogens (tertiary/aromatic N) is 1. The summed E-state index contributed by atoms with van der Waals surface area (Å²) >= 11 is 0. The molecule has 0 unspecified atom stereocenters. The molecule has 26 heavy (non-hydrogen) atoms. The van der Waals surface area contributed by atoms with Crippen molar-refractivity contribution in [3.63, 3.8) is 0 Å². The molecule has 0 aromatic heterocycles. The molecule has 0 saturated carbocycles. The van der Waals surface area contributed by atoms with Gasteiger partial charge in [0.2, 0.25) is 10.0 Å². The Labute approximate surface area is 152 Å². The molecule has 0 fully saturated rings. The molecular weight excluding hydrogens is 357 g/mol. The van der Waals surface area contributed by atoms with Gasteiger partial charge in [-0.1, -0.05) is 29.5 Å². The molecule has 5 nitrogen and oxygen atoms in total. The van der Waals surface area contributed by atoms with E-state index < -0.39 is 22.7 Å². The zero-order valence-corrected chi connectivity index (χ0v) is 15.1. The van der Waals surface area contributed by atoms with Crippen LogP contribution >= 0.6 is 0 Å². The van der Waals surface area contributed by atoms with Gasteiger partial charge in [-0.05, 0) is 43.3 Å². The van der Waals surface area contributed by atoms with Gasteiger partial charge in [0, 0.05) is 12.1 Å². The van der Waals surface area contributed by atoms with E-state index in [0.29, 0.717) is 5.56 Å². The van der Waals surface area contributed by atoms with E-state index in [4.69, 9.17) is 5.11 Å². The van der Waals surface area contributed by atoms with Crippen LogP contribution in [0.2, 0.25) is 0 Å². The monoisotopic (exact) mass is 377 g/mol. The summed E-state index contributed by atoms with van der Waals surface area (Å²) in [5, 5.41) is 18.7. The number of rotatable bonds is 6. The average molecular weight is 377 g/mol. The van der Waals surface area contributed by atoms with Crippen molar-refractivity contribution in [3.05, 3.63) is 65.5 Å². The fourth-order valence-electron chi connectivity index (χ4n) is 2.16. The zero-order chi connectivity index (χ0) is 19.2. The number of benzene rings is 2. The molecule has 0 aliphatic heterocycles. The van der Waals surface area contributed by atoms with E-state index in [0.717, 1.165) is 9.87 Å². The van der Waals surface area contributed by atoms with Gasteiger partial charge < -0.3 is 10.2 Å². The van der Waals surface area contributed by atoms with Crippen LogP contribution < -0.4 is 0 Å². The van der Waals surface area contributed by atoms with Crippen molar-refractivity contribution in [2.24, 2.45) is 0 Å². The lowest BCUT2D eigenvalue weighted by molar-refractivity contribution is 0.0808. The molecule has 0 aliphatic carbocycles. The third-order valence-electron chi connectivity index (χ3n) is 3.62. The third-order valence-corrected chi connectivity index (χ3v) is 5.44. The lowest BCUT2D eigenvalue weighted by Gasteiger charge is -2.22. The molecular formula is C19H20FNO4S. The maximum Gasteiger partial charge on any atom is 0.244 e. The van der Waals surface area contributed by atoms with Crippen molar-refractivity contribution >= 4 is 10.0 Å². The minimum absolute atomic E-state index is 0.0804. The van der Waals surface area contributed by atoms with Gasteiger partial charge in [-0.2, -0.15) is 4.31 Å². The van der Waals surface area contributed by atoms with E-state index in [9.17, 15) is 17.9 Å². The number of sulfonamides is 1. The SMILES string of the molecule is Cc1ccc(S(=O)(=O)N(CC#Cc2ccc(F)cc2)C[C@H](O)CO)cc1. The Morgan fingerprint density at radius 2 is 1.73 bits per heavy atom. The topological polar surface area (TPSA) is 77.8 Å². The lowest BCUT2D eigenvalue weighted by atomic mass is 10.2. The number of aryl methyl sites for hydroxylation is 1. The highest BCUT2D eigenvalue weighted by Crippen LogP contribution is 2.16. The van der Waals surface area contributed by atoms with Gasteiger partial charge in [0.1, 0.15) is 5.82 Å². The van der Waals surface area contributed by atoms with E-state index in [2.05, 4.69) is 11.8 Å². The van der Waals surface area contributed by atoms with Crippen LogP contribution in [0.3, 0.4) is 0 Å². The second kappa shape index (κ2) is 8.92. The molecule has 0 amide bonds. The van der Waals surface area contributed by atoms with Crippen LogP contribution in [-0.2, 0) is 10.0 Å². The van der Waals surface area contributed by atoms with Gasteiger partial charge in [0.05, 0.1) is 24.2 Å². The van der Waals surface area contributed by atoms with E-state index in [-0.39, 0.29) is 23.8 Å². The average Bonchev–Trinajstić information content (AvgIpc) is 2.62. The van der Waals surface area contributed by atoms with Crippen LogP contribution in [0.1, 0.15) is 11.1 Å². The van der Waals surface area contributed by atoms with E-state index in [1.807, 2.05) is 6.92 Å². The molecule has 1 atom stereocenters. The molecule has 0 radical (unpaired) electrons. The van der Waals surface area contributed by atoms with Crippen LogP contribution in [0.4, 0.5) is 4.39 Å². The Morgan fingerprint density at radius 1 is 1.12 bits per heavy atom. The normalized spacial score (nSPS) is 12.5. The minimum Gasteiger partial charge on any atom is -0.394 e. The van der Waals surface area contributed by atoms with Crippen molar-refractivity contribution in [1.82, 2.24) is 4.31 Å². The maximum absolute atomic E-state index is 12.9. The third kappa shape index (κ3) is 5.38. The number of aliphatic hydroxyl groups excluding tert-OH is 2. The summed E-state index contributed by atoms with van der Waals surface area (Å²) < 4.78 is 39.5. The molecule has 7 heteroatoms. The second-order valence-electron chi connectivity index (χ2n) is 5.76. The van der Waals surface area contributed by atoms with Gasteiger partial charge in [0.15, 0.2) is 0 Å². The van der Waals surface area contributed by atoms with Crippen LogP contribution in [0.25, 0.3) is 0 Å². The maximum atomic E-state index is 12.9. The molecule has 138 valence electrons. The van der Waals surface area contributed by atoms with Gasteiger partial charge in [-0.25, -0.2) is 12.8 Å². The van der Waals surface area contributed by atoms with Crippen molar-refractivity contribution in [1.29, 1.82) is 0 Å². The van der Waals surface area contributed by atoms with Crippen LogP contribution in [0.5, 0.6) is 0 Å². The van der Waals surface area contributed by atoms with E-state index in [1.54, 1.807) is 12.1 Å².